The smallest absolute Gasteiger partial charge is 0.255 e. The Morgan fingerprint density at radius 3 is 2.31 bits per heavy atom. The number of nitrogens with one attached hydrogen (secondary N) is 1. The SMILES string of the molecule is CC(C)c1ccc(NC(=O)c2ccc([C@H]3SCC(=O)N3Cc3ccc(Cl)cc3)cc2)cc1. The lowest BCUT2D eigenvalue weighted by atomic mass is 10.0. The number of hydrogen-bond donors (Lipinski definition) is 1. The molecule has 0 radical (unpaired) electrons. The molecule has 2 amide bonds. The summed E-state index contributed by atoms with van der Waals surface area (Å²) in [7, 11) is 0. The van der Waals surface area contributed by atoms with Crippen LogP contribution in [0.5, 0.6) is 0 Å². The van der Waals surface area contributed by atoms with Gasteiger partial charge in [-0.15, -0.1) is 11.8 Å². The zero-order valence-corrected chi connectivity index (χ0v) is 19.6. The van der Waals surface area contributed by atoms with Crippen molar-refractivity contribution in [3.05, 3.63) is 100 Å². The molecule has 1 fully saturated rings. The first-order valence-electron chi connectivity index (χ1n) is 10.6. The van der Waals surface area contributed by atoms with E-state index in [1.165, 1.54) is 5.56 Å². The molecular formula is C26H25ClN2O2S. The summed E-state index contributed by atoms with van der Waals surface area (Å²) in [4.78, 5) is 27.0. The fraction of sp³-hybridized carbons (Fsp3) is 0.231. The Kier molecular flexibility index (Phi) is 6.87. The van der Waals surface area contributed by atoms with Gasteiger partial charge in [0.15, 0.2) is 0 Å². The second-order valence-electron chi connectivity index (χ2n) is 8.16. The summed E-state index contributed by atoms with van der Waals surface area (Å²) in [6.07, 6.45) is 0. The average molecular weight is 465 g/mol. The number of benzene rings is 3. The molecule has 1 N–H and O–H groups in total. The van der Waals surface area contributed by atoms with Gasteiger partial charge in [-0.25, -0.2) is 0 Å². The highest BCUT2D eigenvalue weighted by atomic mass is 35.5. The fourth-order valence-electron chi connectivity index (χ4n) is 3.64. The van der Waals surface area contributed by atoms with Crippen LogP contribution >= 0.6 is 23.4 Å². The number of anilines is 1. The van der Waals surface area contributed by atoms with E-state index in [1.54, 1.807) is 11.8 Å². The van der Waals surface area contributed by atoms with Gasteiger partial charge in [0, 0.05) is 22.8 Å². The van der Waals surface area contributed by atoms with Gasteiger partial charge in [0.1, 0.15) is 5.37 Å². The quantitative estimate of drug-likeness (QED) is 0.453. The highest BCUT2D eigenvalue weighted by Crippen LogP contribution is 2.39. The zero-order chi connectivity index (χ0) is 22.7. The molecule has 0 aromatic heterocycles. The van der Waals surface area contributed by atoms with Crippen LogP contribution in [-0.4, -0.2) is 22.5 Å². The van der Waals surface area contributed by atoms with Crippen LogP contribution in [0.25, 0.3) is 0 Å². The van der Waals surface area contributed by atoms with Gasteiger partial charge < -0.3 is 10.2 Å². The average Bonchev–Trinajstić information content (AvgIpc) is 3.16. The lowest BCUT2D eigenvalue weighted by Crippen LogP contribution is -2.27. The molecule has 32 heavy (non-hydrogen) atoms. The molecule has 1 aliphatic heterocycles. The molecule has 3 aromatic rings. The third-order valence-corrected chi connectivity index (χ3v) is 7.04. The molecule has 0 saturated carbocycles. The lowest BCUT2D eigenvalue weighted by Gasteiger charge is -2.24. The minimum Gasteiger partial charge on any atom is -0.322 e. The zero-order valence-electron chi connectivity index (χ0n) is 18.0. The third kappa shape index (κ3) is 5.17. The van der Waals surface area contributed by atoms with Gasteiger partial charge in [-0.2, -0.15) is 0 Å². The summed E-state index contributed by atoms with van der Waals surface area (Å²) in [6.45, 7) is 4.81. The molecule has 1 aliphatic rings. The molecular weight excluding hydrogens is 440 g/mol. The summed E-state index contributed by atoms with van der Waals surface area (Å²) in [5.41, 5.74) is 4.64. The summed E-state index contributed by atoms with van der Waals surface area (Å²) in [6, 6.07) is 23.0. The van der Waals surface area contributed by atoms with Crippen LogP contribution in [-0.2, 0) is 11.3 Å². The van der Waals surface area contributed by atoms with Crippen molar-refractivity contribution in [1.29, 1.82) is 0 Å². The maximum atomic E-state index is 12.7. The normalized spacial score (nSPS) is 15.9. The van der Waals surface area contributed by atoms with Crippen molar-refractivity contribution >= 4 is 40.9 Å². The monoisotopic (exact) mass is 464 g/mol. The van der Waals surface area contributed by atoms with Crippen LogP contribution in [0.1, 0.15) is 52.2 Å². The Hall–Kier alpha value is -2.76. The van der Waals surface area contributed by atoms with Gasteiger partial charge >= 0.3 is 0 Å². The third-order valence-electron chi connectivity index (χ3n) is 5.53. The number of hydrogen-bond acceptors (Lipinski definition) is 3. The second kappa shape index (κ2) is 9.80. The molecule has 3 aromatic carbocycles. The Labute approximate surface area is 198 Å². The van der Waals surface area contributed by atoms with Gasteiger partial charge in [0.05, 0.1) is 5.75 Å². The van der Waals surface area contributed by atoms with Gasteiger partial charge in [0.2, 0.25) is 5.91 Å². The van der Waals surface area contributed by atoms with Crippen molar-refractivity contribution in [1.82, 2.24) is 4.90 Å². The van der Waals surface area contributed by atoms with Crippen LogP contribution in [0.4, 0.5) is 5.69 Å². The molecule has 1 atom stereocenters. The molecule has 6 heteroatoms. The van der Waals surface area contributed by atoms with E-state index in [4.69, 9.17) is 11.6 Å². The predicted octanol–water partition coefficient (Wildman–Crippen LogP) is 6.49. The second-order valence-corrected chi connectivity index (χ2v) is 9.67. The summed E-state index contributed by atoms with van der Waals surface area (Å²) >= 11 is 7.58. The minimum absolute atomic E-state index is 0.0705. The first kappa shape index (κ1) is 22.4. The first-order chi connectivity index (χ1) is 15.4. The molecule has 0 aliphatic carbocycles. The van der Waals surface area contributed by atoms with Gasteiger partial charge in [-0.3, -0.25) is 9.59 Å². The molecule has 1 heterocycles. The highest BCUT2D eigenvalue weighted by Gasteiger charge is 2.32. The van der Waals surface area contributed by atoms with Crippen LogP contribution < -0.4 is 5.32 Å². The van der Waals surface area contributed by atoms with Crippen molar-refractivity contribution in [3.8, 4) is 0 Å². The number of thioether (sulfide) groups is 1. The molecule has 0 spiro atoms. The standard InChI is InChI=1S/C26H25ClN2O2S/c1-17(2)19-9-13-23(14-10-19)28-25(31)20-5-7-21(8-6-20)26-29(24(30)16-32-26)15-18-3-11-22(27)12-4-18/h3-14,17,26H,15-16H2,1-2H3,(H,28,31)/t26-/m1/s1. The topological polar surface area (TPSA) is 49.4 Å². The number of carbonyl (C=O) groups excluding carboxylic acids is 2. The maximum absolute atomic E-state index is 12.7. The van der Waals surface area contributed by atoms with E-state index in [1.807, 2.05) is 77.7 Å². The number of nitrogens with zero attached hydrogens (tertiary/aromatic N) is 1. The van der Waals surface area contributed by atoms with Crippen molar-refractivity contribution in [2.45, 2.75) is 31.7 Å². The molecule has 0 bridgehead atoms. The maximum Gasteiger partial charge on any atom is 0.255 e. The number of amides is 2. The predicted molar refractivity (Wildman–Crippen MR) is 132 cm³/mol. The van der Waals surface area contributed by atoms with Crippen LogP contribution in [0.15, 0.2) is 72.8 Å². The van der Waals surface area contributed by atoms with E-state index >= 15 is 0 Å². The summed E-state index contributed by atoms with van der Waals surface area (Å²) in [5, 5.41) is 3.55. The van der Waals surface area contributed by atoms with E-state index < -0.39 is 0 Å². The Balaban J connectivity index is 1.44. The molecule has 4 rings (SSSR count). The molecule has 1 saturated heterocycles. The van der Waals surface area contributed by atoms with Gasteiger partial charge in [-0.1, -0.05) is 61.8 Å². The fourth-order valence-corrected chi connectivity index (χ4v) is 4.96. The summed E-state index contributed by atoms with van der Waals surface area (Å²) in [5.74, 6) is 0.864. The van der Waals surface area contributed by atoms with Crippen LogP contribution in [0.2, 0.25) is 5.02 Å². The van der Waals surface area contributed by atoms with Gasteiger partial charge in [0.25, 0.3) is 5.91 Å². The van der Waals surface area contributed by atoms with E-state index in [9.17, 15) is 9.59 Å². The highest BCUT2D eigenvalue weighted by molar-refractivity contribution is 8.00. The molecule has 0 unspecified atom stereocenters. The Morgan fingerprint density at radius 1 is 1.03 bits per heavy atom. The lowest BCUT2D eigenvalue weighted by molar-refractivity contribution is -0.128. The molecule has 4 nitrogen and oxygen atoms in total. The van der Waals surface area contributed by atoms with E-state index in [2.05, 4.69) is 19.2 Å². The largest absolute Gasteiger partial charge is 0.322 e. The van der Waals surface area contributed by atoms with E-state index in [0.717, 1.165) is 16.8 Å². The summed E-state index contributed by atoms with van der Waals surface area (Å²) < 4.78 is 0. The van der Waals surface area contributed by atoms with E-state index in [-0.39, 0.29) is 17.2 Å². The van der Waals surface area contributed by atoms with Crippen LogP contribution in [0.3, 0.4) is 0 Å². The Morgan fingerprint density at radius 2 is 1.69 bits per heavy atom. The van der Waals surface area contributed by atoms with Crippen molar-refractivity contribution in [3.63, 3.8) is 0 Å². The van der Waals surface area contributed by atoms with Crippen molar-refractivity contribution < 1.29 is 9.59 Å². The van der Waals surface area contributed by atoms with Crippen molar-refractivity contribution in [2.24, 2.45) is 0 Å². The van der Waals surface area contributed by atoms with E-state index in [0.29, 0.717) is 28.8 Å². The van der Waals surface area contributed by atoms with Crippen LogP contribution in [0, 0.1) is 0 Å². The number of halogens is 1. The first-order valence-corrected chi connectivity index (χ1v) is 12.0. The minimum atomic E-state index is -0.151. The number of rotatable bonds is 6. The van der Waals surface area contributed by atoms with Crippen molar-refractivity contribution in [2.75, 3.05) is 11.1 Å². The Bertz CT molecular complexity index is 1100. The molecule has 164 valence electrons. The van der Waals surface area contributed by atoms with Gasteiger partial charge in [-0.05, 0) is 59.0 Å². The number of carbonyl (C=O) groups is 2.